The SMILES string of the molecule is Cc1cccc(NC(=O)CNC(=O)COc2ccc3c(C)cc(=O)oc3c2C)c1C. The monoisotopic (exact) mass is 408 g/mol. The zero-order chi connectivity index (χ0) is 21.8. The fraction of sp³-hybridized carbons (Fsp3) is 0.261. The van der Waals surface area contributed by atoms with Crippen LogP contribution < -0.4 is 21.0 Å². The molecule has 7 heteroatoms. The first kappa shape index (κ1) is 21.1. The molecule has 0 radical (unpaired) electrons. The second-order valence-electron chi connectivity index (χ2n) is 7.17. The summed E-state index contributed by atoms with van der Waals surface area (Å²) in [6.07, 6.45) is 0. The Labute approximate surface area is 174 Å². The normalized spacial score (nSPS) is 10.7. The molecular weight excluding hydrogens is 384 g/mol. The number of nitrogens with one attached hydrogen (secondary N) is 2. The third-order valence-corrected chi connectivity index (χ3v) is 5.00. The molecule has 0 saturated heterocycles. The van der Waals surface area contributed by atoms with Gasteiger partial charge in [-0.3, -0.25) is 9.59 Å². The number of rotatable bonds is 6. The lowest BCUT2D eigenvalue weighted by Gasteiger charge is -2.12. The Morgan fingerprint density at radius 1 is 0.967 bits per heavy atom. The van der Waals surface area contributed by atoms with Gasteiger partial charge in [-0.1, -0.05) is 12.1 Å². The van der Waals surface area contributed by atoms with Crippen molar-refractivity contribution in [3.8, 4) is 5.75 Å². The number of amides is 2. The van der Waals surface area contributed by atoms with E-state index < -0.39 is 11.5 Å². The van der Waals surface area contributed by atoms with Gasteiger partial charge in [0.1, 0.15) is 11.3 Å². The summed E-state index contributed by atoms with van der Waals surface area (Å²) >= 11 is 0. The molecule has 2 amide bonds. The second-order valence-corrected chi connectivity index (χ2v) is 7.17. The van der Waals surface area contributed by atoms with Gasteiger partial charge < -0.3 is 19.8 Å². The first-order valence-electron chi connectivity index (χ1n) is 9.56. The second kappa shape index (κ2) is 8.82. The van der Waals surface area contributed by atoms with E-state index in [4.69, 9.17) is 9.15 Å². The minimum absolute atomic E-state index is 0.166. The summed E-state index contributed by atoms with van der Waals surface area (Å²) in [5.74, 6) is -0.321. The Morgan fingerprint density at radius 2 is 1.73 bits per heavy atom. The number of fused-ring (bicyclic) bond motifs is 1. The molecule has 2 aromatic carbocycles. The van der Waals surface area contributed by atoms with Crippen molar-refractivity contribution in [1.29, 1.82) is 0 Å². The smallest absolute Gasteiger partial charge is 0.336 e. The van der Waals surface area contributed by atoms with E-state index in [1.165, 1.54) is 6.07 Å². The Morgan fingerprint density at radius 3 is 2.50 bits per heavy atom. The zero-order valence-electron chi connectivity index (χ0n) is 17.4. The van der Waals surface area contributed by atoms with Crippen molar-refractivity contribution in [3.63, 3.8) is 0 Å². The van der Waals surface area contributed by atoms with Gasteiger partial charge >= 0.3 is 5.63 Å². The highest BCUT2D eigenvalue weighted by atomic mass is 16.5. The number of ether oxygens (including phenoxy) is 1. The molecule has 30 heavy (non-hydrogen) atoms. The van der Waals surface area contributed by atoms with E-state index in [-0.39, 0.29) is 19.1 Å². The summed E-state index contributed by atoms with van der Waals surface area (Å²) in [6, 6.07) is 10.6. The molecule has 156 valence electrons. The fourth-order valence-electron chi connectivity index (χ4n) is 3.11. The maximum absolute atomic E-state index is 12.1. The van der Waals surface area contributed by atoms with Crippen molar-refractivity contribution in [2.45, 2.75) is 27.7 Å². The predicted molar refractivity (Wildman–Crippen MR) is 115 cm³/mol. The van der Waals surface area contributed by atoms with E-state index >= 15 is 0 Å². The fourth-order valence-corrected chi connectivity index (χ4v) is 3.11. The average Bonchev–Trinajstić information content (AvgIpc) is 2.70. The minimum atomic E-state index is -0.437. The molecule has 3 rings (SSSR count). The van der Waals surface area contributed by atoms with Crippen LogP contribution in [0.5, 0.6) is 5.75 Å². The van der Waals surface area contributed by atoms with Crippen molar-refractivity contribution in [2.75, 3.05) is 18.5 Å². The molecule has 1 heterocycles. The lowest BCUT2D eigenvalue weighted by Crippen LogP contribution is -2.36. The number of benzene rings is 2. The van der Waals surface area contributed by atoms with Crippen molar-refractivity contribution in [3.05, 3.63) is 69.1 Å². The summed E-state index contributed by atoms with van der Waals surface area (Å²) in [7, 11) is 0. The number of anilines is 1. The number of carbonyl (C=O) groups is 2. The van der Waals surface area contributed by atoms with E-state index in [1.54, 1.807) is 19.1 Å². The van der Waals surface area contributed by atoms with Gasteiger partial charge in [0.2, 0.25) is 5.91 Å². The molecule has 0 atom stereocenters. The van der Waals surface area contributed by atoms with Crippen LogP contribution in [0.15, 0.2) is 45.6 Å². The molecule has 0 aliphatic heterocycles. The van der Waals surface area contributed by atoms with E-state index in [1.807, 2.05) is 39.0 Å². The maximum Gasteiger partial charge on any atom is 0.336 e. The first-order valence-corrected chi connectivity index (χ1v) is 9.56. The number of hydrogen-bond donors (Lipinski definition) is 2. The molecule has 0 fully saturated rings. The average molecular weight is 408 g/mol. The van der Waals surface area contributed by atoms with Gasteiger partial charge in [-0.15, -0.1) is 0 Å². The molecule has 0 aliphatic carbocycles. The zero-order valence-corrected chi connectivity index (χ0v) is 17.4. The van der Waals surface area contributed by atoms with Crippen LogP contribution in [0.25, 0.3) is 11.0 Å². The van der Waals surface area contributed by atoms with Crippen molar-refractivity contribution >= 4 is 28.5 Å². The minimum Gasteiger partial charge on any atom is -0.483 e. The van der Waals surface area contributed by atoms with Gasteiger partial charge in [0, 0.05) is 22.7 Å². The Bertz CT molecular complexity index is 1180. The molecule has 0 aliphatic rings. The number of carbonyl (C=O) groups excluding carboxylic acids is 2. The molecule has 0 bridgehead atoms. The Kier molecular flexibility index (Phi) is 6.20. The lowest BCUT2D eigenvalue weighted by atomic mass is 10.1. The lowest BCUT2D eigenvalue weighted by molar-refractivity contribution is -0.125. The summed E-state index contributed by atoms with van der Waals surface area (Å²) < 4.78 is 10.9. The highest BCUT2D eigenvalue weighted by molar-refractivity contribution is 5.95. The predicted octanol–water partition coefficient (Wildman–Crippen LogP) is 3.16. The number of aryl methyl sites for hydroxylation is 3. The molecule has 2 N–H and O–H groups in total. The van der Waals surface area contributed by atoms with Gasteiger partial charge in [0.15, 0.2) is 6.61 Å². The first-order chi connectivity index (χ1) is 14.3. The van der Waals surface area contributed by atoms with Crippen LogP contribution in [0.2, 0.25) is 0 Å². The topological polar surface area (TPSA) is 97.6 Å². The van der Waals surface area contributed by atoms with Crippen molar-refractivity contribution in [2.24, 2.45) is 0 Å². The van der Waals surface area contributed by atoms with Crippen LogP contribution >= 0.6 is 0 Å². The van der Waals surface area contributed by atoms with Crippen LogP contribution in [-0.2, 0) is 9.59 Å². The molecule has 0 unspecified atom stereocenters. The molecule has 1 aromatic heterocycles. The standard InChI is InChI=1S/C23H24N2O5/c1-13-6-5-7-18(15(13)3)25-20(26)11-24-21(27)12-29-19-9-8-17-14(2)10-22(28)30-23(17)16(19)4/h5-10H,11-12H2,1-4H3,(H,24,27)(H,25,26). The van der Waals surface area contributed by atoms with E-state index in [0.29, 0.717) is 22.6 Å². The molecule has 0 saturated carbocycles. The van der Waals surface area contributed by atoms with E-state index in [9.17, 15) is 14.4 Å². The van der Waals surface area contributed by atoms with Gasteiger partial charge in [-0.25, -0.2) is 4.79 Å². The van der Waals surface area contributed by atoms with Gasteiger partial charge in [-0.05, 0) is 62.6 Å². The molecule has 7 nitrogen and oxygen atoms in total. The largest absolute Gasteiger partial charge is 0.483 e. The third-order valence-electron chi connectivity index (χ3n) is 5.00. The number of hydrogen-bond acceptors (Lipinski definition) is 5. The highest BCUT2D eigenvalue weighted by Gasteiger charge is 2.12. The summed E-state index contributed by atoms with van der Waals surface area (Å²) in [5.41, 5.74) is 4.21. The summed E-state index contributed by atoms with van der Waals surface area (Å²) in [6.45, 7) is 7.04. The Hall–Kier alpha value is -3.61. The van der Waals surface area contributed by atoms with Crippen LogP contribution in [0.3, 0.4) is 0 Å². The van der Waals surface area contributed by atoms with Gasteiger partial charge in [0.05, 0.1) is 6.54 Å². The van der Waals surface area contributed by atoms with Crippen molar-refractivity contribution < 1.29 is 18.7 Å². The highest BCUT2D eigenvalue weighted by Crippen LogP contribution is 2.28. The van der Waals surface area contributed by atoms with Crippen LogP contribution in [0.4, 0.5) is 5.69 Å². The van der Waals surface area contributed by atoms with Crippen LogP contribution in [0, 0.1) is 27.7 Å². The maximum atomic E-state index is 12.1. The van der Waals surface area contributed by atoms with E-state index in [2.05, 4.69) is 10.6 Å². The third kappa shape index (κ3) is 4.68. The quantitative estimate of drug-likeness (QED) is 0.611. The Balaban J connectivity index is 1.57. The van der Waals surface area contributed by atoms with Gasteiger partial charge in [-0.2, -0.15) is 0 Å². The summed E-state index contributed by atoms with van der Waals surface area (Å²) in [5, 5.41) is 6.13. The molecule has 3 aromatic rings. The van der Waals surface area contributed by atoms with Crippen LogP contribution in [-0.4, -0.2) is 25.0 Å². The van der Waals surface area contributed by atoms with Gasteiger partial charge in [0.25, 0.3) is 5.91 Å². The molecule has 0 spiro atoms. The summed E-state index contributed by atoms with van der Waals surface area (Å²) in [4.78, 5) is 35.8. The van der Waals surface area contributed by atoms with Crippen molar-refractivity contribution in [1.82, 2.24) is 5.32 Å². The van der Waals surface area contributed by atoms with E-state index in [0.717, 1.165) is 22.1 Å². The molecular formula is C23H24N2O5. The van der Waals surface area contributed by atoms with Crippen LogP contribution in [0.1, 0.15) is 22.3 Å².